The number of amides is 1. The largest absolute Gasteiger partial charge is 0.459 e. The fourth-order valence-corrected chi connectivity index (χ4v) is 1.29. The smallest absolute Gasteiger partial charge is 0.323 e. The molecular weight excluding hydrogens is 220 g/mol. The Morgan fingerprint density at radius 1 is 1.12 bits per heavy atom. The number of esters is 1. The zero-order chi connectivity index (χ0) is 13.8. The normalized spacial score (nSPS) is 15.0. The van der Waals surface area contributed by atoms with Crippen molar-refractivity contribution < 1.29 is 14.3 Å². The highest BCUT2D eigenvalue weighted by molar-refractivity contribution is 5.82. The maximum absolute atomic E-state index is 11.7. The van der Waals surface area contributed by atoms with E-state index in [1.54, 1.807) is 27.9 Å². The van der Waals surface area contributed by atoms with Crippen molar-refractivity contribution in [2.45, 2.75) is 52.3 Å². The Kier molecular flexibility index (Phi) is 5.61. The Morgan fingerprint density at radius 3 is 1.94 bits per heavy atom. The van der Waals surface area contributed by atoms with E-state index in [-0.39, 0.29) is 11.9 Å². The van der Waals surface area contributed by atoms with Crippen LogP contribution in [0.1, 0.15) is 34.6 Å². The number of nitrogens with zero attached hydrogens (tertiary/aromatic N) is 1. The van der Waals surface area contributed by atoms with Gasteiger partial charge in [-0.3, -0.25) is 14.9 Å². The molecule has 0 bridgehead atoms. The number of likely N-dealkylation sites (N-methyl/N-ethyl adjacent to an activating group) is 1. The number of carbonyl (C=O) groups is 2. The number of hydrogen-bond donors (Lipinski definition) is 1. The molecule has 0 saturated carbocycles. The van der Waals surface area contributed by atoms with Gasteiger partial charge in [0, 0.05) is 14.1 Å². The zero-order valence-electron chi connectivity index (χ0n) is 11.8. The lowest BCUT2D eigenvalue weighted by Crippen LogP contribution is -2.49. The van der Waals surface area contributed by atoms with Crippen LogP contribution in [0.15, 0.2) is 0 Å². The summed E-state index contributed by atoms with van der Waals surface area (Å²) >= 11 is 0. The quantitative estimate of drug-likeness (QED) is 0.743. The summed E-state index contributed by atoms with van der Waals surface area (Å²) in [6.45, 7) is 8.85. The monoisotopic (exact) mass is 244 g/mol. The van der Waals surface area contributed by atoms with E-state index in [9.17, 15) is 9.59 Å². The second kappa shape index (κ2) is 6.00. The van der Waals surface area contributed by atoms with Crippen LogP contribution in [-0.2, 0) is 14.3 Å². The number of nitrogens with one attached hydrogen (secondary N) is 1. The van der Waals surface area contributed by atoms with Crippen molar-refractivity contribution >= 4 is 11.9 Å². The molecular formula is C12H24N2O3. The second-order valence-corrected chi connectivity index (χ2v) is 5.38. The summed E-state index contributed by atoms with van der Waals surface area (Å²) in [4.78, 5) is 24.8. The van der Waals surface area contributed by atoms with Crippen LogP contribution in [-0.4, -0.2) is 48.6 Å². The van der Waals surface area contributed by atoms with Crippen LogP contribution in [0.3, 0.4) is 0 Å². The fraction of sp³-hybridized carbons (Fsp3) is 0.833. The van der Waals surface area contributed by atoms with Crippen LogP contribution in [0.25, 0.3) is 0 Å². The summed E-state index contributed by atoms with van der Waals surface area (Å²) in [6.07, 6.45) is 0. The molecule has 1 N–H and O–H groups in total. The van der Waals surface area contributed by atoms with Gasteiger partial charge < -0.3 is 9.64 Å². The van der Waals surface area contributed by atoms with Crippen molar-refractivity contribution in [1.82, 2.24) is 10.2 Å². The lowest BCUT2D eigenvalue weighted by atomic mass is 10.2. The molecule has 0 aliphatic carbocycles. The van der Waals surface area contributed by atoms with Gasteiger partial charge in [-0.15, -0.1) is 0 Å². The van der Waals surface area contributed by atoms with Crippen LogP contribution in [0.2, 0.25) is 0 Å². The predicted molar refractivity (Wildman–Crippen MR) is 66.6 cm³/mol. The Labute approximate surface area is 103 Å². The second-order valence-electron chi connectivity index (χ2n) is 5.38. The van der Waals surface area contributed by atoms with Gasteiger partial charge in [0.1, 0.15) is 11.6 Å². The maximum atomic E-state index is 11.7. The molecule has 5 heteroatoms. The van der Waals surface area contributed by atoms with Crippen LogP contribution in [0, 0.1) is 0 Å². The number of carbonyl (C=O) groups excluding carboxylic acids is 2. The first-order valence-electron chi connectivity index (χ1n) is 5.74. The van der Waals surface area contributed by atoms with Crippen molar-refractivity contribution in [2.24, 2.45) is 0 Å². The lowest BCUT2D eigenvalue weighted by molar-refractivity contribution is -0.157. The standard InChI is InChI=1S/C12H24N2O3/c1-8(10(15)14(6)7)13-9(2)11(16)17-12(3,4)5/h8-9,13H,1-7H3. The molecule has 100 valence electrons. The van der Waals surface area contributed by atoms with Gasteiger partial charge in [0.15, 0.2) is 0 Å². The van der Waals surface area contributed by atoms with E-state index in [2.05, 4.69) is 5.32 Å². The number of rotatable bonds is 4. The number of ether oxygens (including phenoxy) is 1. The van der Waals surface area contributed by atoms with Gasteiger partial charge in [-0.2, -0.15) is 0 Å². The summed E-state index contributed by atoms with van der Waals surface area (Å²) in [6, 6.07) is -0.916. The van der Waals surface area contributed by atoms with Crippen molar-refractivity contribution in [1.29, 1.82) is 0 Å². The Morgan fingerprint density at radius 2 is 1.59 bits per heavy atom. The molecule has 0 aromatic rings. The maximum Gasteiger partial charge on any atom is 0.323 e. The molecule has 5 nitrogen and oxygen atoms in total. The molecule has 2 atom stereocenters. The molecule has 1 amide bonds. The SMILES string of the molecule is CC(NC(C)C(=O)N(C)C)C(=O)OC(C)(C)C. The van der Waals surface area contributed by atoms with Gasteiger partial charge in [-0.1, -0.05) is 0 Å². The minimum atomic E-state index is -0.512. The highest BCUT2D eigenvalue weighted by Crippen LogP contribution is 2.08. The molecule has 0 heterocycles. The molecule has 0 radical (unpaired) electrons. The third-order valence-electron chi connectivity index (χ3n) is 2.07. The highest BCUT2D eigenvalue weighted by atomic mass is 16.6. The summed E-state index contributed by atoms with van der Waals surface area (Å²) in [5.74, 6) is -0.420. The first kappa shape index (κ1) is 15.9. The van der Waals surface area contributed by atoms with Gasteiger partial charge >= 0.3 is 5.97 Å². The van der Waals surface area contributed by atoms with Crippen molar-refractivity contribution in [3.8, 4) is 0 Å². The molecule has 0 aliphatic rings. The van der Waals surface area contributed by atoms with E-state index in [1.165, 1.54) is 4.90 Å². The summed E-state index contributed by atoms with van der Waals surface area (Å²) in [7, 11) is 3.36. The molecule has 0 aromatic heterocycles. The van der Waals surface area contributed by atoms with Crippen LogP contribution in [0.5, 0.6) is 0 Å². The molecule has 17 heavy (non-hydrogen) atoms. The van der Waals surface area contributed by atoms with E-state index in [0.717, 1.165) is 0 Å². The molecule has 0 aromatic carbocycles. The highest BCUT2D eigenvalue weighted by Gasteiger charge is 2.25. The first-order valence-corrected chi connectivity index (χ1v) is 5.74. The van der Waals surface area contributed by atoms with Gasteiger partial charge in [-0.05, 0) is 34.6 Å². The van der Waals surface area contributed by atoms with E-state index in [4.69, 9.17) is 4.74 Å². The van der Waals surface area contributed by atoms with E-state index in [0.29, 0.717) is 0 Å². The van der Waals surface area contributed by atoms with Crippen molar-refractivity contribution in [3.63, 3.8) is 0 Å². The Hall–Kier alpha value is -1.10. The third kappa shape index (κ3) is 6.26. The molecule has 0 aliphatic heterocycles. The summed E-state index contributed by atoms with van der Waals surface area (Å²) in [5, 5.41) is 2.92. The lowest BCUT2D eigenvalue weighted by Gasteiger charge is -2.25. The first-order chi connectivity index (χ1) is 7.54. The molecule has 0 fully saturated rings. The van der Waals surface area contributed by atoms with Gasteiger partial charge in [0.25, 0.3) is 0 Å². The summed E-state index contributed by atoms with van der Waals surface area (Å²) in [5.41, 5.74) is -0.512. The Bertz CT molecular complexity index is 282. The van der Waals surface area contributed by atoms with E-state index >= 15 is 0 Å². The van der Waals surface area contributed by atoms with Crippen LogP contribution < -0.4 is 5.32 Å². The van der Waals surface area contributed by atoms with Gasteiger partial charge in [0.2, 0.25) is 5.91 Å². The predicted octanol–water partition coefficient (Wildman–Crippen LogP) is 0.783. The van der Waals surface area contributed by atoms with E-state index < -0.39 is 17.7 Å². The molecule has 2 unspecified atom stereocenters. The Balaban J connectivity index is 4.30. The third-order valence-corrected chi connectivity index (χ3v) is 2.07. The average molecular weight is 244 g/mol. The average Bonchev–Trinajstić information content (AvgIpc) is 2.13. The van der Waals surface area contributed by atoms with Gasteiger partial charge in [0.05, 0.1) is 6.04 Å². The molecule has 0 saturated heterocycles. The minimum absolute atomic E-state index is 0.0691. The zero-order valence-corrected chi connectivity index (χ0v) is 11.8. The van der Waals surface area contributed by atoms with Crippen molar-refractivity contribution in [3.05, 3.63) is 0 Å². The topological polar surface area (TPSA) is 58.6 Å². The van der Waals surface area contributed by atoms with Gasteiger partial charge in [-0.25, -0.2) is 0 Å². The molecule has 0 rings (SSSR count). The van der Waals surface area contributed by atoms with Crippen molar-refractivity contribution in [2.75, 3.05) is 14.1 Å². The number of hydrogen-bond acceptors (Lipinski definition) is 4. The minimum Gasteiger partial charge on any atom is -0.459 e. The fourth-order valence-electron chi connectivity index (χ4n) is 1.29. The molecule has 0 spiro atoms. The van der Waals surface area contributed by atoms with Crippen LogP contribution >= 0.6 is 0 Å². The van der Waals surface area contributed by atoms with E-state index in [1.807, 2.05) is 20.8 Å². The van der Waals surface area contributed by atoms with Crippen LogP contribution in [0.4, 0.5) is 0 Å². The summed E-state index contributed by atoms with van der Waals surface area (Å²) < 4.78 is 5.21.